The SMILES string of the molecule is CCCCCCC(=O)OCC(=O)O[C@H]1[C@@H](CC)C[C@H]2[C@@H]3CCC4=CC(=O)CC[C@@H]4[C@H]3CC[C@@]21C. The Morgan fingerprint density at radius 1 is 1.03 bits per heavy atom. The van der Waals surface area contributed by atoms with Crippen LogP contribution in [-0.2, 0) is 23.9 Å². The number of ketones is 1. The molecule has 0 amide bonds. The van der Waals surface area contributed by atoms with E-state index in [1.807, 2.05) is 6.08 Å². The molecule has 4 aliphatic carbocycles. The molecule has 3 saturated carbocycles. The van der Waals surface area contributed by atoms with E-state index >= 15 is 0 Å². The molecule has 0 unspecified atom stereocenters. The number of rotatable bonds is 9. The van der Waals surface area contributed by atoms with E-state index < -0.39 is 5.97 Å². The lowest BCUT2D eigenvalue weighted by atomic mass is 9.52. The smallest absolute Gasteiger partial charge is 0.344 e. The van der Waals surface area contributed by atoms with Crippen molar-refractivity contribution in [3.8, 4) is 0 Å². The van der Waals surface area contributed by atoms with Gasteiger partial charge in [0, 0.05) is 18.3 Å². The third-order valence-corrected chi connectivity index (χ3v) is 9.74. The Labute approximate surface area is 205 Å². The zero-order chi connectivity index (χ0) is 24.3. The van der Waals surface area contributed by atoms with Crippen LogP contribution in [0.5, 0.6) is 0 Å². The Balaban J connectivity index is 1.37. The fourth-order valence-electron chi connectivity index (χ4n) is 8.01. The predicted octanol–water partition coefficient (Wildman–Crippen LogP) is 6.19. The van der Waals surface area contributed by atoms with Gasteiger partial charge in [0.15, 0.2) is 12.4 Å². The summed E-state index contributed by atoms with van der Waals surface area (Å²) in [7, 11) is 0. The van der Waals surface area contributed by atoms with Crippen molar-refractivity contribution < 1.29 is 23.9 Å². The molecule has 0 aliphatic heterocycles. The molecule has 0 radical (unpaired) electrons. The van der Waals surface area contributed by atoms with E-state index in [0.717, 1.165) is 70.6 Å². The quantitative estimate of drug-likeness (QED) is 0.296. The van der Waals surface area contributed by atoms with E-state index in [1.165, 1.54) is 5.57 Å². The molecule has 4 aliphatic rings. The van der Waals surface area contributed by atoms with Gasteiger partial charge in [-0.2, -0.15) is 0 Å². The van der Waals surface area contributed by atoms with Crippen molar-refractivity contribution in [2.45, 2.75) is 110 Å². The lowest BCUT2D eigenvalue weighted by Crippen LogP contribution is -2.49. The molecule has 0 spiro atoms. The van der Waals surface area contributed by atoms with E-state index in [0.29, 0.717) is 48.2 Å². The van der Waals surface area contributed by atoms with E-state index in [1.54, 1.807) is 0 Å². The molecule has 5 nitrogen and oxygen atoms in total. The number of unbranched alkanes of at least 4 members (excludes halogenated alkanes) is 3. The van der Waals surface area contributed by atoms with E-state index in [-0.39, 0.29) is 24.1 Å². The maximum atomic E-state index is 12.7. The molecule has 4 rings (SSSR count). The Morgan fingerprint density at radius 2 is 1.85 bits per heavy atom. The van der Waals surface area contributed by atoms with Crippen LogP contribution >= 0.6 is 0 Å². The molecule has 0 bridgehead atoms. The number of hydrogen-bond donors (Lipinski definition) is 0. The van der Waals surface area contributed by atoms with Gasteiger partial charge in [0.05, 0.1) is 0 Å². The highest BCUT2D eigenvalue weighted by atomic mass is 16.6. The summed E-state index contributed by atoms with van der Waals surface area (Å²) in [6.45, 7) is 6.42. The van der Waals surface area contributed by atoms with Gasteiger partial charge >= 0.3 is 11.9 Å². The predicted molar refractivity (Wildman–Crippen MR) is 131 cm³/mol. The van der Waals surface area contributed by atoms with Crippen molar-refractivity contribution in [3.63, 3.8) is 0 Å². The number of carbonyl (C=O) groups excluding carboxylic acids is 3. The first kappa shape index (κ1) is 25.4. The minimum Gasteiger partial charge on any atom is -0.459 e. The highest BCUT2D eigenvalue weighted by molar-refractivity contribution is 5.91. The first-order valence-electron chi connectivity index (χ1n) is 14.0. The molecule has 0 aromatic carbocycles. The molecular weight excluding hydrogens is 428 g/mol. The van der Waals surface area contributed by atoms with E-state index in [2.05, 4.69) is 20.8 Å². The summed E-state index contributed by atoms with van der Waals surface area (Å²) >= 11 is 0. The number of hydrogen-bond acceptors (Lipinski definition) is 5. The summed E-state index contributed by atoms with van der Waals surface area (Å²) in [5, 5.41) is 0. The van der Waals surface area contributed by atoms with Gasteiger partial charge in [-0.3, -0.25) is 9.59 Å². The van der Waals surface area contributed by atoms with Crippen molar-refractivity contribution in [2.24, 2.45) is 35.0 Å². The van der Waals surface area contributed by atoms with Gasteiger partial charge in [-0.15, -0.1) is 0 Å². The molecule has 3 fully saturated rings. The molecule has 0 aromatic heterocycles. The van der Waals surface area contributed by atoms with Crippen molar-refractivity contribution in [3.05, 3.63) is 11.6 Å². The van der Waals surface area contributed by atoms with Gasteiger partial charge in [0.1, 0.15) is 6.10 Å². The van der Waals surface area contributed by atoms with Crippen LogP contribution in [0.4, 0.5) is 0 Å². The lowest BCUT2D eigenvalue weighted by molar-refractivity contribution is -0.171. The van der Waals surface area contributed by atoms with Gasteiger partial charge in [0.2, 0.25) is 0 Å². The standard InChI is InChI=1S/C29H44O5/c1-4-6-7-8-9-26(31)33-18-27(32)34-28-19(5-2)17-25-24-12-10-20-16-21(30)11-13-22(20)23(24)14-15-29(25,28)3/h16,19,22-25,28H,4-15,17-18H2,1-3H3/t19-,22-,23+,24+,25-,28-,29-/m0/s1. The summed E-state index contributed by atoms with van der Waals surface area (Å²) < 4.78 is 11.3. The van der Waals surface area contributed by atoms with Crippen LogP contribution in [0.15, 0.2) is 11.6 Å². The topological polar surface area (TPSA) is 69.7 Å². The zero-order valence-corrected chi connectivity index (χ0v) is 21.5. The first-order valence-corrected chi connectivity index (χ1v) is 14.0. The Morgan fingerprint density at radius 3 is 2.62 bits per heavy atom. The second kappa shape index (κ2) is 11.0. The molecule has 5 heteroatoms. The molecule has 0 N–H and O–H groups in total. The molecule has 34 heavy (non-hydrogen) atoms. The number of esters is 2. The molecule has 0 aromatic rings. The van der Waals surface area contributed by atoms with Crippen molar-refractivity contribution in [2.75, 3.05) is 6.61 Å². The third-order valence-electron chi connectivity index (χ3n) is 9.74. The fourth-order valence-corrected chi connectivity index (χ4v) is 8.01. The molecule has 190 valence electrons. The minimum atomic E-state index is -0.394. The second-order valence-corrected chi connectivity index (χ2v) is 11.6. The van der Waals surface area contributed by atoms with Gasteiger partial charge in [0.25, 0.3) is 0 Å². The average molecular weight is 473 g/mol. The molecule has 0 heterocycles. The normalized spacial score (nSPS) is 36.7. The Kier molecular flexibility index (Phi) is 8.20. The number of ether oxygens (including phenoxy) is 2. The monoisotopic (exact) mass is 472 g/mol. The van der Waals surface area contributed by atoms with Crippen LogP contribution in [0, 0.1) is 35.0 Å². The third kappa shape index (κ3) is 5.14. The Bertz CT molecular complexity index is 800. The van der Waals surface area contributed by atoms with Crippen molar-refractivity contribution in [1.82, 2.24) is 0 Å². The number of fused-ring (bicyclic) bond motifs is 5. The van der Waals surface area contributed by atoms with E-state index in [9.17, 15) is 14.4 Å². The van der Waals surface area contributed by atoms with Crippen molar-refractivity contribution in [1.29, 1.82) is 0 Å². The summed E-state index contributed by atoms with van der Waals surface area (Å²) in [6, 6.07) is 0. The van der Waals surface area contributed by atoms with Crippen LogP contribution in [0.1, 0.15) is 104 Å². The number of allylic oxidation sites excluding steroid dienone is 1. The van der Waals surface area contributed by atoms with Crippen molar-refractivity contribution >= 4 is 17.7 Å². The highest BCUT2D eigenvalue weighted by Crippen LogP contribution is 2.64. The summed E-state index contributed by atoms with van der Waals surface area (Å²) in [5.74, 6) is 2.47. The minimum absolute atomic E-state index is 0.00658. The maximum Gasteiger partial charge on any atom is 0.344 e. The number of carbonyl (C=O) groups is 3. The van der Waals surface area contributed by atoms with Crippen LogP contribution in [0.25, 0.3) is 0 Å². The van der Waals surface area contributed by atoms with Crippen LogP contribution in [0.3, 0.4) is 0 Å². The molecular formula is C29H44O5. The first-order chi connectivity index (χ1) is 16.4. The van der Waals surface area contributed by atoms with E-state index in [4.69, 9.17) is 9.47 Å². The van der Waals surface area contributed by atoms with Crippen LogP contribution in [-0.4, -0.2) is 30.4 Å². The fraction of sp³-hybridized carbons (Fsp3) is 0.828. The Hall–Kier alpha value is -1.65. The molecule has 0 saturated heterocycles. The largest absolute Gasteiger partial charge is 0.459 e. The van der Waals surface area contributed by atoms with Gasteiger partial charge in [-0.25, -0.2) is 4.79 Å². The summed E-state index contributed by atoms with van der Waals surface area (Å²) in [6.07, 6.45) is 14.6. The van der Waals surface area contributed by atoms with Gasteiger partial charge in [-0.1, -0.05) is 45.6 Å². The summed E-state index contributed by atoms with van der Waals surface area (Å²) in [5.41, 5.74) is 1.40. The zero-order valence-electron chi connectivity index (χ0n) is 21.5. The summed E-state index contributed by atoms with van der Waals surface area (Å²) in [4.78, 5) is 36.7. The lowest BCUT2D eigenvalue weighted by Gasteiger charge is -2.53. The average Bonchev–Trinajstić information content (AvgIpc) is 3.11. The van der Waals surface area contributed by atoms with Crippen LogP contribution < -0.4 is 0 Å². The highest BCUT2D eigenvalue weighted by Gasteiger charge is 2.60. The maximum absolute atomic E-state index is 12.7. The molecule has 7 atom stereocenters. The van der Waals surface area contributed by atoms with Gasteiger partial charge in [-0.05, 0) is 87.0 Å². The van der Waals surface area contributed by atoms with Gasteiger partial charge < -0.3 is 9.47 Å². The van der Waals surface area contributed by atoms with Crippen LogP contribution in [0.2, 0.25) is 0 Å². The second-order valence-electron chi connectivity index (χ2n) is 11.6.